The average molecular weight is 488 g/mol. The van der Waals surface area contributed by atoms with Crippen LogP contribution in [0.5, 0.6) is 11.5 Å². The highest BCUT2D eigenvalue weighted by Crippen LogP contribution is 2.30. The predicted molar refractivity (Wildman–Crippen MR) is 137 cm³/mol. The number of ether oxygens (including phenoxy) is 2. The fourth-order valence-electron chi connectivity index (χ4n) is 3.95. The number of carbonyl (C=O) groups is 1. The maximum atomic E-state index is 13.5. The van der Waals surface area contributed by atoms with Crippen LogP contribution < -0.4 is 20.3 Å². The average Bonchev–Trinajstić information content (AvgIpc) is 2.88. The lowest BCUT2D eigenvalue weighted by atomic mass is 10.1. The Hall–Kier alpha value is -3.78. The SMILES string of the molecule is Cc1ccc(C)c(-n2c(SCC(=O)NCC3COc4ccccc4O3)nc3ccccc3c2=O)c1. The van der Waals surface area contributed by atoms with Crippen LogP contribution in [0, 0.1) is 13.8 Å². The van der Waals surface area contributed by atoms with E-state index in [2.05, 4.69) is 5.32 Å². The summed E-state index contributed by atoms with van der Waals surface area (Å²) >= 11 is 1.24. The minimum Gasteiger partial charge on any atom is -0.486 e. The monoisotopic (exact) mass is 487 g/mol. The third-order valence-corrected chi connectivity index (χ3v) is 6.72. The van der Waals surface area contributed by atoms with Crippen LogP contribution in [0.1, 0.15) is 11.1 Å². The highest BCUT2D eigenvalue weighted by molar-refractivity contribution is 7.99. The molecule has 0 aliphatic carbocycles. The maximum Gasteiger partial charge on any atom is 0.266 e. The number of amides is 1. The number of aryl methyl sites for hydroxylation is 2. The molecule has 1 aromatic heterocycles. The van der Waals surface area contributed by atoms with Crippen LogP contribution in [0.25, 0.3) is 16.6 Å². The second kappa shape index (κ2) is 9.84. The van der Waals surface area contributed by atoms with Gasteiger partial charge in [0.1, 0.15) is 12.7 Å². The summed E-state index contributed by atoms with van der Waals surface area (Å²) in [6, 6.07) is 20.7. The van der Waals surface area contributed by atoms with Gasteiger partial charge in [-0.05, 0) is 55.3 Å². The summed E-state index contributed by atoms with van der Waals surface area (Å²) in [5.74, 6) is 1.31. The fraction of sp³-hybridized carbons (Fsp3) is 0.222. The summed E-state index contributed by atoms with van der Waals surface area (Å²) in [7, 11) is 0. The van der Waals surface area contributed by atoms with Gasteiger partial charge in [-0.3, -0.25) is 14.2 Å². The van der Waals surface area contributed by atoms with E-state index in [0.717, 1.165) is 16.8 Å². The molecule has 1 amide bonds. The van der Waals surface area contributed by atoms with Crippen LogP contribution >= 0.6 is 11.8 Å². The Labute approximate surface area is 207 Å². The summed E-state index contributed by atoms with van der Waals surface area (Å²) in [5.41, 5.74) is 3.21. The van der Waals surface area contributed by atoms with Gasteiger partial charge in [0.15, 0.2) is 16.7 Å². The molecule has 2 heterocycles. The molecule has 1 aliphatic heterocycles. The van der Waals surface area contributed by atoms with Crippen LogP contribution in [-0.2, 0) is 4.79 Å². The summed E-state index contributed by atoms with van der Waals surface area (Å²) in [6.45, 7) is 4.63. The second-order valence-electron chi connectivity index (χ2n) is 8.43. The van der Waals surface area contributed by atoms with Crippen molar-refractivity contribution >= 4 is 28.6 Å². The largest absolute Gasteiger partial charge is 0.486 e. The van der Waals surface area contributed by atoms with Gasteiger partial charge in [-0.25, -0.2) is 4.98 Å². The smallest absolute Gasteiger partial charge is 0.266 e. The molecule has 0 radical (unpaired) electrons. The van der Waals surface area contributed by atoms with Gasteiger partial charge < -0.3 is 14.8 Å². The molecule has 0 bridgehead atoms. The van der Waals surface area contributed by atoms with Crippen molar-refractivity contribution in [2.45, 2.75) is 25.1 Å². The number of fused-ring (bicyclic) bond motifs is 2. The van der Waals surface area contributed by atoms with E-state index in [1.807, 2.05) is 74.5 Å². The second-order valence-corrected chi connectivity index (χ2v) is 9.37. The molecule has 3 aromatic carbocycles. The van der Waals surface area contributed by atoms with Gasteiger partial charge in [-0.2, -0.15) is 0 Å². The van der Waals surface area contributed by atoms with E-state index in [-0.39, 0.29) is 23.3 Å². The Bertz CT molecular complexity index is 1470. The fourth-order valence-corrected chi connectivity index (χ4v) is 4.79. The first-order valence-electron chi connectivity index (χ1n) is 11.4. The van der Waals surface area contributed by atoms with E-state index in [1.54, 1.807) is 10.6 Å². The van der Waals surface area contributed by atoms with Gasteiger partial charge in [-0.1, -0.05) is 48.2 Å². The normalized spacial score (nSPS) is 14.6. The molecule has 0 saturated carbocycles. The van der Waals surface area contributed by atoms with E-state index >= 15 is 0 Å². The lowest BCUT2D eigenvalue weighted by Gasteiger charge is -2.26. The first kappa shape index (κ1) is 23.0. The van der Waals surface area contributed by atoms with Crippen molar-refractivity contribution < 1.29 is 14.3 Å². The number of hydrogen-bond acceptors (Lipinski definition) is 6. The molecular weight excluding hydrogens is 462 g/mol. The van der Waals surface area contributed by atoms with Gasteiger partial charge in [0, 0.05) is 0 Å². The molecule has 1 N–H and O–H groups in total. The van der Waals surface area contributed by atoms with E-state index in [1.165, 1.54) is 11.8 Å². The molecule has 1 unspecified atom stereocenters. The highest BCUT2D eigenvalue weighted by atomic mass is 32.2. The molecule has 8 heteroatoms. The number of para-hydroxylation sites is 3. The minimum absolute atomic E-state index is 0.111. The maximum absolute atomic E-state index is 13.5. The summed E-state index contributed by atoms with van der Waals surface area (Å²) in [4.78, 5) is 30.9. The van der Waals surface area contributed by atoms with Crippen molar-refractivity contribution in [2.75, 3.05) is 18.9 Å². The molecule has 0 fully saturated rings. The molecule has 5 rings (SSSR count). The molecule has 7 nitrogen and oxygen atoms in total. The van der Waals surface area contributed by atoms with Crippen molar-refractivity contribution in [3.05, 3.63) is 88.2 Å². The molecule has 178 valence electrons. The number of hydrogen-bond donors (Lipinski definition) is 1. The molecule has 1 atom stereocenters. The third kappa shape index (κ3) is 4.88. The first-order valence-corrected chi connectivity index (χ1v) is 12.4. The van der Waals surface area contributed by atoms with E-state index in [0.29, 0.717) is 40.7 Å². The number of aromatic nitrogens is 2. The Morgan fingerprint density at radius 2 is 1.86 bits per heavy atom. The lowest BCUT2D eigenvalue weighted by Crippen LogP contribution is -2.41. The molecule has 0 spiro atoms. The van der Waals surface area contributed by atoms with Crippen LogP contribution in [0.15, 0.2) is 76.7 Å². The zero-order chi connectivity index (χ0) is 24.4. The van der Waals surface area contributed by atoms with Crippen LogP contribution in [0.3, 0.4) is 0 Å². The number of nitrogens with one attached hydrogen (secondary N) is 1. The van der Waals surface area contributed by atoms with Gasteiger partial charge in [0.05, 0.1) is 28.9 Å². The van der Waals surface area contributed by atoms with Crippen molar-refractivity contribution in [3.8, 4) is 17.2 Å². The summed E-state index contributed by atoms with van der Waals surface area (Å²) in [5, 5.41) is 3.92. The molecule has 35 heavy (non-hydrogen) atoms. The molecular formula is C27H25N3O4S. The van der Waals surface area contributed by atoms with E-state index in [4.69, 9.17) is 14.5 Å². The van der Waals surface area contributed by atoms with Crippen LogP contribution in [-0.4, -0.2) is 40.5 Å². The lowest BCUT2D eigenvalue weighted by molar-refractivity contribution is -0.119. The number of carbonyl (C=O) groups excluding carboxylic acids is 1. The van der Waals surface area contributed by atoms with Gasteiger partial charge in [0.25, 0.3) is 5.56 Å². The predicted octanol–water partition coefficient (Wildman–Crippen LogP) is 4.05. The summed E-state index contributed by atoms with van der Waals surface area (Å²) in [6.07, 6.45) is -0.272. The van der Waals surface area contributed by atoms with E-state index < -0.39 is 0 Å². The Morgan fingerprint density at radius 1 is 1.09 bits per heavy atom. The number of thioether (sulfide) groups is 1. The Kier molecular flexibility index (Phi) is 6.46. The number of rotatable bonds is 6. The van der Waals surface area contributed by atoms with Crippen molar-refractivity contribution in [3.63, 3.8) is 0 Å². The van der Waals surface area contributed by atoms with Crippen LogP contribution in [0.2, 0.25) is 0 Å². The van der Waals surface area contributed by atoms with Gasteiger partial charge in [0.2, 0.25) is 5.91 Å². The topological polar surface area (TPSA) is 82.5 Å². The van der Waals surface area contributed by atoms with Crippen molar-refractivity contribution in [2.24, 2.45) is 0 Å². The minimum atomic E-state index is -0.272. The number of benzene rings is 3. The van der Waals surface area contributed by atoms with Gasteiger partial charge in [-0.15, -0.1) is 0 Å². The van der Waals surface area contributed by atoms with Crippen molar-refractivity contribution in [1.29, 1.82) is 0 Å². The van der Waals surface area contributed by atoms with Gasteiger partial charge >= 0.3 is 0 Å². The standard InChI is InChI=1S/C27H25N3O4S/c1-17-11-12-18(2)22(13-17)30-26(32)20-7-3-4-8-21(20)29-27(30)35-16-25(31)28-14-19-15-33-23-9-5-6-10-24(23)34-19/h3-13,19H,14-16H2,1-2H3,(H,28,31). The Morgan fingerprint density at radius 3 is 2.71 bits per heavy atom. The molecule has 4 aromatic rings. The third-order valence-electron chi connectivity index (χ3n) is 5.78. The van der Waals surface area contributed by atoms with E-state index in [9.17, 15) is 9.59 Å². The summed E-state index contributed by atoms with van der Waals surface area (Å²) < 4.78 is 13.2. The zero-order valence-corrected chi connectivity index (χ0v) is 20.3. The molecule has 1 aliphatic rings. The Balaban J connectivity index is 1.34. The number of nitrogens with zero attached hydrogens (tertiary/aromatic N) is 2. The van der Waals surface area contributed by atoms with Crippen molar-refractivity contribution in [1.82, 2.24) is 14.9 Å². The van der Waals surface area contributed by atoms with Crippen LogP contribution in [0.4, 0.5) is 0 Å². The highest BCUT2D eigenvalue weighted by Gasteiger charge is 2.21. The zero-order valence-electron chi connectivity index (χ0n) is 19.5. The molecule has 0 saturated heterocycles. The quantitative estimate of drug-likeness (QED) is 0.326. The first-order chi connectivity index (χ1) is 17.0.